The first kappa shape index (κ1) is 23.7. The largest absolute Gasteiger partial charge is 0.460 e. The first-order valence-corrected chi connectivity index (χ1v) is 10.9. The van der Waals surface area contributed by atoms with Crippen LogP contribution in [0, 0.1) is 0 Å². The second-order valence-electron chi connectivity index (χ2n) is 6.48. The molecule has 0 radical (unpaired) electrons. The number of likely N-dealkylation sites (N-methyl/N-ethyl adjacent to an activating group) is 1. The van der Waals surface area contributed by atoms with Gasteiger partial charge >= 0.3 is 5.97 Å². The van der Waals surface area contributed by atoms with Crippen molar-refractivity contribution >= 4 is 23.5 Å². The molecule has 0 spiro atoms. The third kappa shape index (κ3) is 8.45. The summed E-state index contributed by atoms with van der Waals surface area (Å²) in [6.07, 6.45) is 3.41. The molecule has 0 saturated heterocycles. The van der Waals surface area contributed by atoms with Gasteiger partial charge in [-0.2, -0.15) is 0 Å². The Hall–Kier alpha value is -1.37. The minimum absolute atomic E-state index is 0.0930. The Morgan fingerprint density at radius 1 is 1.07 bits per heavy atom. The summed E-state index contributed by atoms with van der Waals surface area (Å²) in [5.41, 5.74) is 0.951. The molecule has 1 aromatic rings. The van der Waals surface area contributed by atoms with Crippen molar-refractivity contribution in [3.8, 4) is 0 Å². The van der Waals surface area contributed by atoms with E-state index in [2.05, 4.69) is 17.6 Å². The number of carbonyl (C=O) groups is 2. The van der Waals surface area contributed by atoms with Crippen molar-refractivity contribution in [2.24, 2.45) is 0 Å². The van der Waals surface area contributed by atoms with Crippen molar-refractivity contribution in [1.82, 2.24) is 10.6 Å². The van der Waals surface area contributed by atoms with E-state index >= 15 is 0 Å². The van der Waals surface area contributed by atoms with Crippen LogP contribution in [0.2, 0.25) is 0 Å². The molecule has 0 aliphatic heterocycles. The van der Waals surface area contributed by atoms with Gasteiger partial charge in [0, 0.05) is 0 Å². The van der Waals surface area contributed by atoms with Crippen molar-refractivity contribution in [2.75, 3.05) is 12.8 Å². The van der Waals surface area contributed by atoms with Crippen molar-refractivity contribution < 1.29 is 14.3 Å². The topological polar surface area (TPSA) is 67.4 Å². The summed E-state index contributed by atoms with van der Waals surface area (Å²) in [6.45, 7) is 6.28. The van der Waals surface area contributed by atoms with Crippen molar-refractivity contribution in [3.05, 3.63) is 35.9 Å². The average molecular weight is 395 g/mol. The van der Waals surface area contributed by atoms with Crippen molar-refractivity contribution in [3.63, 3.8) is 0 Å². The molecule has 1 rings (SSSR count). The monoisotopic (exact) mass is 394 g/mol. The lowest BCUT2D eigenvalue weighted by atomic mass is 10.1. The fraction of sp³-hybridized carbons (Fsp3) is 0.619. The first-order chi connectivity index (χ1) is 13.1. The van der Waals surface area contributed by atoms with Gasteiger partial charge in [-0.05, 0) is 37.6 Å². The van der Waals surface area contributed by atoms with Gasteiger partial charge in [0.05, 0.1) is 6.04 Å². The second-order valence-corrected chi connectivity index (χ2v) is 7.69. The molecule has 0 aliphatic rings. The smallest absolute Gasteiger partial charge is 0.323 e. The summed E-state index contributed by atoms with van der Waals surface area (Å²) in [4.78, 5) is 25.4. The van der Waals surface area contributed by atoms with Crippen LogP contribution in [0.3, 0.4) is 0 Å². The van der Waals surface area contributed by atoms with Gasteiger partial charge in [-0.25, -0.2) is 0 Å². The van der Waals surface area contributed by atoms with Crippen LogP contribution in [0.15, 0.2) is 30.3 Å². The summed E-state index contributed by atoms with van der Waals surface area (Å²) in [6, 6.07) is 8.90. The number of esters is 1. The number of ether oxygens (including phenoxy) is 1. The Morgan fingerprint density at radius 3 is 2.30 bits per heavy atom. The molecule has 3 atom stereocenters. The summed E-state index contributed by atoms with van der Waals surface area (Å²) in [5.74, 6) is 0.665. The van der Waals surface area contributed by atoms with Gasteiger partial charge in [-0.3, -0.25) is 14.9 Å². The zero-order chi connectivity index (χ0) is 20.1. The zero-order valence-electron chi connectivity index (χ0n) is 17.0. The number of rotatable bonds is 14. The van der Waals surface area contributed by atoms with E-state index in [1.807, 2.05) is 44.2 Å². The molecule has 0 aliphatic carbocycles. The Morgan fingerprint density at radius 2 is 1.74 bits per heavy atom. The maximum Gasteiger partial charge on any atom is 0.323 e. The van der Waals surface area contributed by atoms with Gasteiger partial charge in [0.2, 0.25) is 0 Å². The van der Waals surface area contributed by atoms with Crippen LogP contribution in [0.25, 0.3) is 0 Å². The predicted octanol–water partition coefficient (Wildman–Crippen LogP) is 3.52. The number of benzene rings is 1. The molecule has 0 aromatic heterocycles. The zero-order valence-corrected chi connectivity index (χ0v) is 17.8. The van der Waals surface area contributed by atoms with Crippen LogP contribution < -0.4 is 10.6 Å². The van der Waals surface area contributed by atoms with Gasteiger partial charge in [0.25, 0.3) is 0 Å². The van der Waals surface area contributed by atoms with Gasteiger partial charge in [0.15, 0.2) is 5.78 Å². The van der Waals surface area contributed by atoms with E-state index in [1.54, 1.807) is 18.8 Å². The maximum atomic E-state index is 12.9. The predicted molar refractivity (Wildman–Crippen MR) is 113 cm³/mol. The molecule has 1 aromatic carbocycles. The summed E-state index contributed by atoms with van der Waals surface area (Å²) in [7, 11) is 1.80. The van der Waals surface area contributed by atoms with E-state index in [-0.39, 0.29) is 24.4 Å². The highest BCUT2D eigenvalue weighted by Gasteiger charge is 2.29. The minimum atomic E-state index is -0.494. The molecule has 27 heavy (non-hydrogen) atoms. The highest BCUT2D eigenvalue weighted by molar-refractivity contribution is 8.00. The Balaban J connectivity index is 2.72. The number of ketones is 1. The van der Waals surface area contributed by atoms with Crippen LogP contribution in [0.5, 0.6) is 0 Å². The fourth-order valence-corrected chi connectivity index (χ4v) is 3.93. The van der Waals surface area contributed by atoms with E-state index in [0.29, 0.717) is 6.42 Å². The van der Waals surface area contributed by atoms with E-state index < -0.39 is 11.4 Å². The Bertz CT molecular complexity index is 550. The number of thioether (sulfide) groups is 1. The van der Waals surface area contributed by atoms with E-state index in [1.165, 1.54) is 0 Å². The normalized spacial score (nSPS) is 14.4. The number of carbonyl (C=O) groups excluding carboxylic acids is 2. The molecular weight excluding hydrogens is 360 g/mol. The third-order valence-electron chi connectivity index (χ3n) is 4.41. The quantitative estimate of drug-likeness (QED) is 0.286. The average Bonchev–Trinajstić information content (AvgIpc) is 2.70. The third-order valence-corrected chi connectivity index (χ3v) is 5.64. The van der Waals surface area contributed by atoms with Crippen LogP contribution in [0.1, 0.15) is 52.0 Å². The van der Waals surface area contributed by atoms with Crippen LogP contribution in [-0.2, 0) is 20.9 Å². The Labute approximate surface area is 168 Å². The highest BCUT2D eigenvalue weighted by Crippen LogP contribution is 2.16. The summed E-state index contributed by atoms with van der Waals surface area (Å²) in [5, 5.41) is 5.90. The lowest BCUT2D eigenvalue weighted by Gasteiger charge is -2.26. The molecule has 6 heteroatoms. The molecule has 0 amide bonds. The molecule has 0 saturated carbocycles. The SMILES string of the molecule is CCCCSC(NC(CC)C(=O)OCc1ccccc1)C(=O)C(CC)NC. The standard InChI is InChI=1S/C21H34N2O3S/c1-5-8-14-27-20(19(24)17(6-2)22-4)23-18(7-3)21(25)26-15-16-12-10-9-11-13-16/h9-13,17-18,20,22-23H,5-8,14-15H2,1-4H3. The minimum Gasteiger partial charge on any atom is -0.460 e. The molecule has 0 fully saturated rings. The van der Waals surface area contributed by atoms with Crippen LogP contribution in [-0.4, -0.2) is 42.0 Å². The lowest BCUT2D eigenvalue weighted by Crippen LogP contribution is -2.51. The van der Waals surface area contributed by atoms with E-state index in [9.17, 15) is 9.59 Å². The molecule has 3 unspecified atom stereocenters. The number of hydrogen-bond donors (Lipinski definition) is 2. The van der Waals surface area contributed by atoms with Crippen LogP contribution >= 0.6 is 11.8 Å². The fourth-order valence-electron chi connectivity index (χ4n) is 2.65. The second kappa shape index (κ2) is 13.7. The molecule has 5 nitrogen and oxygen atoms in total. The van der Waals surface area contributed by atoms with Gasteiger partial charge < -0.3 is 10.1 Å². The van der Waals surface area contributed by atoms with Crippen molar-refractivity contribution in [1.29, 1.82) is 0 Å². The van der Waals surface area contributed by atoms with E-state index in [0.717, 1.165) is 30.6 Å². The van der Waals surface area contributed by atoms with E-state index in [4.69, 9.17) is 4.74 Å². The van der Waals surface area contributed by atoms with Crippen LogP contribution in [0.4, 0.5) is 0 Å². The Kier molecular flexibility index (Phi) is 12.1. The molecule has 0 heterocycles. The summed E-state index contributed by atoms with van der Waals surface area (Å²) >= 11 is 1.58. The number of hydrogen-bond acceptors (Lipinski definition) is 6. The maximum absolute atomic E-state index is 12.9. The molecule has 152 valence electrons. The number of Topliss-reactive ketones (excluding diaryl/α,β-unsaturated/α-hetero) is 1. The highest BCUT2D eigenvalue weighted by atomic mass is 32.2. The number of unbranched alkanes of at least 4 members (excludes halogenated alkanes) is 1. The van der Waals surface area contributed by atoms with Crippen molar-refractivity contribution in [2.45, 2.75) is 70.5 Å². The van der Waals surface area contributed by atoms with Gasteiger partial charge in [-0.1, -0.05) is 57.5 Å². The summed E-state index contributed by atoms with van der Waals surface area (Å²) < 4.78 is 5.46. The molecular formula is C21H34N2O3S. The van der Waals surface area contributed by atoms with Gasteiger partial charge in [0.1, 0.15) is 18.0 Å². The lowest BCUT2D eigenvalue weighted by molar-refractivity contribution is -0.147. The molecule has 2 N–H and O–H groups in total. The first-order valence-electron chi connectivity index (χ1n) is 9.86. The van der Waals surface area contributed by atoms with Gasteiger partial charge in [-0.15, -0.1) is 11.8 Å². The number of nitrogens with one attached hydrogen (secondary N) is 2. The molecule has 0 bridgehead atoms.